The standard InChI is InChI=1S/C19H23FN2O5S2/c1-13(15-9-11-16(12-10-15)28(3,24)25)21-19(23)14(2)22(29(4,26)27)18-8-6-5-7-17(18)20/h5-14H,1-4H3,(H,21,23)/t13-,14-/m0/s1. The maximum Gasteiger partial charge on any atom is 0.244 e. The monoisotopic (exact) mass is 442 g/mol. The third kappa shape index (κ3) is 5.54. The van der Waals surface area contributed by atoms with Crippen LogP contribution in [0.1, 0.15) is 25.5 Å². The number of halogens is 1. The van der Waals surface area contributed by atoms with Crippen molar-refractivity contribution in [3.05, 3.63) is 59.9 Å². The van der Waals surface area contributed by atoms with E-state index in [0.717, 1.165) is 22.9 Å². The van der Waals surface area contributed by atoms with Gasteiger partial charge in [0.1, 0.15) is 11.9 Å². The lowest BCUT2D eigenvalue weighted by atomic mass is 10.1. The number of hydrogen-bond donors (Lipinski definition) is 1. The third-order valence-corrected chi connectivity index (χ3v) is 6.70. The van der Waals surface area contributed by atoms with Crippen LogP contribution in [0.5, 0.6) is 0 Å². The van der Waals surface area contributed by atoms with Gasteiger partial charge in [-0.25, -0.2) is 21.2 Å². The Hall–Kier alpha value is -2.46. The fourth-order valence-electron chi connectivity index (χ4n) is 2.83. The summed E-state index contributed by atoms with van der Waals surface area (Å²) in [5, 5.41) is 2.68. The maximum atomic E-state index is 14.2. The number of hydrogen-bond acceptors (Lipinski definition) is 5. The molecule has 29 heavy (non-hydrogen) atoms. The van der Waals surface area contributed by atoms with Crippen LogP contribution >= 0.6 is 0 Å². The summed E-state index contributed by atoms with van der Waals surface area (Å²) in [4.78, 5) is 12.8. The number of rotatable bonds is 7. The lowest BCUT2D eigenvalue weighted by molar-refractivity contribution is -0.122. The van der Waals surface area contributed by atoms with Crippen LogP contribution in [0.15, 0.2) is 53.4 Å². The number of sulfone groups is 1. The summed E-state index contributed by atoms with van der Waals surface area (Å²) in [7, 11) is -7.28. The summed E-state index contributed by atoms with van der Waals surface area (Å²) < 4.78 is 62.5. The lowest BCUT2D eigenvalue weighted by Crippen LogP contribution is -2.48. The number of carbonyl (C=O) groups excluding carboxylic acids is 1. The second-order valence-electron chi connectivity index (χ2n) is 6.76. The van der Waals surface area contributed by atoms with E-state index in [4.69, 9.17) is 0 Å². The van der Waals surface area contributed by atoms with Gasteiger partial charge < -0.3 is 5.32 Å². The van der Waals surface area contributed by atoms with Crippen molar-refractivity contribution in [3.63, 3.8) is 0 Å². The molecule has 0 unspecified atom stereocenters. The van der Waals surface area contributed by atoms with Gasteiger partial charge in [0.05, 0.1) is 22.9 Å². The molecule has 7 nitrogen and oxygen atoms in total. The molecule has 1 N–H and O–H groups in total. The average molecular weight is 443 g/mol. The minimum atomic E-state index is -3.94. The zero-order valence-electron chi connectivity index (χ0n) is 16.5. The van der Waals surface area contributed by atoms with E-state index in [-0.39, 0.29) is 10.6 Å². The highest BCUT2D eigenvalue weighted by molar-refractivity contribution is 7.92. The Kier molecular flexibility index (Phi) is 6.69. The van der Waals surface area contributed by atoms with Crippen molar-refractivity contribution >= 4 is 31.5 Å². The van der Waals surface area contributed by atoms with Gasteiger partial charge in [0.2, 0.25) is 15.9 Å². The number of amides is 1. The smallest absolute Gasteiger partial charge is 0.244 e. The molecular formula is C19H23FN2O5S2. The van der Waals surface area contributed by atoms with Crippen LogP contribution in [0.25, 0.3) is 0 Å². The first-order valence-corrected chi connectivity index (χ1v) is 12.4. The van der Waals surface area contributed by atoms with E-state index in [0.29, 0.717) is 5.56 Å². The highest BCUT2D eigenvalue weighted by atomic mass is 32.2. The van der Waals surface area contributed by atoms with Crippen LogP contribution in [0, 0.1) is 5.82 Å². The molecule has 158 valence electrons. The number of sulfonamides is 1. The van der Waals surface area contributed by atoms with Crippen molar-refractivity contribution in [3.8, 4) is 0 Å². The second-order valence-corrected chi connectivity index (χ2v) is 10.6. The lowest BCUT2D eigenvalue weighted by Gasteiger charge is -2.29. The van der Waals surface area contributed by atoms with Gasteiger partial charge in [-0.1, -0.05) is 24.3 Å². The summed E-state index contributed by atoms with van der Waals surface area (Å²) >= 11 is 0. The van der Waals surface area contributed by atoms with Gasteiger partial charge in [-0.05, 0) is 43.7 Å². The molecule has 2 aromatic carbocycles. The molecule has 0 bridgehead atoms. The highest BCUT2D eigenvalue weighted by Gasteiger charge is 2.31. The van der Waals surface area contributed by atoms with Crippen LogP contribution in [0.2, 0.25) is 0 Å². The molecule has 0 aliphatic carbocycles. The zero-order valence-corrected chi connectivity index (χ0v) is 18.1. The van der Waals surface area contributed by atoms with Crippen LogP contribution < -0.4 is 9.62 Å². The highest BCUT2D eigenvalue weighted by Crippen LogP contribution is 2.24. The number of carbonyl (C=O) groups is 1. The third-order valence-electron chi connectivity index (χ3n) is 4.35. The molecule has 0 fully saturated rings. The normalized spacial score (nSPS) is 14.1. The first kappa shape index (κ1) is 22.8. The second kappa shape index (κ2) is 8.50. The van der Waals surface area contributed by atoms with E-state index >= 15 is 0 Å². The minimum absolute atomic E-state index is 0.149. The SMILES string of the molecule is C[C@H](NC(=O)[C@H](C)N(c1ccccc1F)S(C)(=O)=O)c1ccc(S(C)(=O)=O)cc1. The fourth-order valence-corrected chi connectivity index (χ4v) is 4.64. The molecule has 0 aromatic heterocycles. The van der Waals surface area contributed by atoms with Crippen molar-refractivity contribution < 1.29 is 26.0 Å². The molecule has 1 amide bonds. The first-order chi connectivity index (χ1) is 13.3. The van der Waals surface area contributed by atoms with Gasteiger partial charge in [-0.15, -0.1) is 0 Å². The first-order valence-electron chi connectivity index (χ1n) is 8.66. The number of para-hydroxylation sites is 1. The molecule has 2 atom stereocenters. The van der Waals surface area contributed by atoms with Crippen LogP contribution in [0.4, 0.5) is 10.1 Å². The Morgan fingerprint density at radius 3 is 2.00 bits per heavy atom. The number of benzene rings is 2. The molecule has 0 heterocycles. The molecule has 0 aliphatic heterocycles. The number of nitrogens with zero attached hydrogens (tertiary/aromatic N) is 1. The van der Waals surface area contributed by atoms with Crippen LogP contribution in [-0.2, 0) is 24.7 Å². The maximum absolute atomic E-state index is 14.2. The molecule has 10 heteroatoms. The predicted molar refractivity (Wildman–Crippen MR) is 109 cm³/mol. The summed E-state index contributed by atoms with van der Waals surface area (Å²) in [6.07, 6.45) is 1.99. The Morgan fingerprint density at radius 1 is 0.966 bits per heavy atom. The Morgan fingerprint density at radius 2 is 1.52 bits per heavy atom. The van der Waals surface area contributed by atoms with Gasteiger partial charge in [0, 0.05) is 6.26 Å². The van der Waals surface area contributed by atoms with Crippen molar-refractivity contribution in [1.29, 1.82) is 0 Å². The van der Waals surface area contributed by atoms with E-state index < -0.39 is 43.7 Å². The Bertz CT molecular complexity index is 1100. The van der Waals surface area contributed by atoms with Gasteiger partial charge in [0.25, 0.3) is 0 Å². The van der Waals surface area contributed by atoms with Gasteiger partial charge in [0.15, 0.2) is 9.84 Å². The average Bonchev–Trinajstić information content (AvgIpc) is 2.61. The predicted octanol–water partition coefficient (Wildman–Crippen LogP) is 2.26. The van der Waals surface area contributed by atoms with Crippen molar-refractivity contribution in [2.24, 2.45) is 0 Å². The molecule has 0 saturated carbocycles. The zero-order chi connectivity index (χ0) is 22.0. The molecule has 0 spiro atoms. The molecule has 2 aromatic rings. The molecule has 0 radical (unpaired) electrons. The van der Waals surface area contributed by atoms with E-state index in [1.165, 1.54) is 37.3 Å². The molecule has 0 saturated heterocycles. The van der Waals surface area contributed by atoms with Crippen LogP contribution in [-0.4, -0.2) is 41.3 Å². The summed E-state index contributed by atoms with van der Waals surface area (Å²) in [5.41, 5.74) is 0.414. The molecular weight excluding hydrogens is 419 g/mol. The number of anilines is 1. The van der Waals surface area contributed by atoms with E-state index in [2.05, 4.69) is 5.32 Å². The summed E-state index contributed by atoms with van der Waals surface area (Å²) in [5.74, 6) is -1.39. The van der Waals surface area contributed by atoms with E-state index in [1.54, 1.807) is 19.1 Å². The van der Waals surface area contributed by atoms with Crippen molar-refractivity contribution in [2.75, 3.05) is 16.8 Å². The van der Waals surface area contributed by atoms with Gasteiger partial charge in [-0.3, -0.25) is 9.10 Å². The number of nitrogens with one attached hydrogen (secondary N) is 1. The van der Waals surface area contributed by atoms with Gasteiger partial charge >= 0.3 is 0 Å². The summed E-state index contributed by atoms with van der Waals surface area (Å²) in [6, 6.07) is 9.56. The Balaban J connectivity index is 2.24. The van der Waals surface area contributed by atoms with E-state index in [1.807, 2.05) is 0 Å². The van der Waals surface area contributed by atoms with Gasteiger partial charge in [-0.2, -0.15) is 0 Å². The summed E-state index contributed by atoms with van der Waals surface area (Å²) in [6.45, 7) is 3.04. The Labute approximate surface area is 170 Å². The largest absolute Gasteiger partial charge is 0.348 e. The molecule has 0 aliphatic rings. The molecule has 2 rings (SSSR count). The fraction of sp³-hybridized carbons (Fsp3) is 0.316. The van der Waals surface area contributed by atoms with Crippen LogP contribution in [0.3, 0.4) is 0 Å². The quantitative estimate of drug-likeness (QED) is 0.709. The topological polar surface area (TPSA) is 101 Å². The van der Waals surface area contributed by atoms with Crippen molar-refractivity contribution in [1.82, 2.24) is 5.32 Å². The van der Waals surface area contributed by atoms with Crippen molar-refractivity contribution in [2.45, 2.75) is 30.8 Å². The minimum Gasteiger partial charge on any atom is -0.348 e. The van der Waals surface area contributed by atoms with E-state index in [9.17, 15) is 26.0 Å².